The van der Waals surface area contributed by atoms with Crippen molar-refractivity contribution in [1.82, 2.24) is 0 Å². The number of carboxylic acids is 1. The van der Waals surface area contributed by atoms with Crippen LogP contribution in [0.2, 0.25) is 0 Å². The third-order valence-electron chi connectivity index (χ3n) is 2.95. The summed E-state index contributed by atoms with van der Waals surface area (Å²) in [6.07, 6.45) is 0. The van der Waals surface area contributed by atoms with Gasteiger partial charge in [0.15, 0.2) is 6.61 Å². The van der Waals surface area contributed by atoms with Crippen molar-refractivity contribution in [2.45, 2.75) is 6.54 Å². The van der Waals surface area contributed by atoms with Crippen LogP contribution < -0.4 is 15.4 Å². The van der Waals surface area contributed by atoms with Crippen LogP contribution in [0.25, 0.3) is 0 Å². The SMILES string of the molecule is O=C1COc2ccc(NCc3ccc(C(=O)O)o3)cc2N1. The Morgan fingerprint density at radius 3 is 2.95 bits per heavy atom. The predicted octanol–water partition coefficient (Wildman–Crippen LogP) is 1.92. The van der Waals surface area contributed by atoms with Gasteiger partial charge in [-0.05, 0) is 30.3 Å². The monoisotopic (exact) mass is 288 g/mol. The molecule has 3 rings (SSSR count). The molecule has 0 spiro atoms. The summed E-state index contributed by atoms with van der Waals surface area (Å²) in [6, 6.07) is 8.30. The molecule has 0 fully saturated rings. The molecule has 0 radical (unpaired) electrons. The molecule has 2 aromatic rings. The molecule has 0 saturated heterocycles. The van der Waals surface area contributed by atoms with E-state index in [-0.39, 0.29) is 18.3 Å². The number of benzene rings is 1. The van der Waals surface area contributed by atoms with Crippen LogP contribution in [0.4, 0.5) is 11.4 Å². The van der Waals surface area contributed by atoms with Gasteiger partial charge in [0, 0.05) is 5.69 Å². The second-order valence-corrected chi connectivity index (χ2v) is 4.47. The summed E-state index contributed by atoms with van der Waals surface area (Å²) in [4.78, 5) is 22.0. The van der Waals surface area contributed by atoms with Crippen molar-refractivity contribution in [3.63, 3.8) is 0 Å². The zero-order chi connectivity index (χ0) is 14.8. The van der Waals surface area contributed by atoms with Gasteiger partial charge >= 0.3 is 5.97 Å². The summed E-state index contributed by atoms with van der Waals surface area (Å²) >= 11 is 0. The van der Waals surface area contributed by atoms with Crippen LogP contribution in [-0.4, -0.2) is 23.6 Å². The number of fused-ring (bicyclic) bond motifs is 1. The Balaban J connectivity index is 1.69. The van der Waals surface area contributed by atoms with Gasteiger partial charge in [-0.15, -0.1) is 0 Å². The Labute approximate surface area is 119 Å². The fourth-order valence-electron chi connectivity index (χ4n) is 1.97. The fourth-order valence-corrected chi connectivity index (χ4v) is 1.97. The molecule has 3 N–H and O–H groups in total. The van der Waals surface area contributed by atoms with Crippen LogP contribution in [-0.2, 0) is 11.3 Å². The normalized spacial score (nSPS) is 13.0. The van der Waals surface area contributed by atoms with Crippen molar-refractivity contribution in [3.05, 3.63) is 41.9 Å². The van der Waals surface area contributed by atoms with Gasteiger partial charge < -0.3 is 24.9 Å². The van der Waals surface area contributed by atoms with Gasteiger partial charge in [-0.1, -0.05) is 0 Å². The molecule has 0 saturated carbocycles. The Kier molecular flexibility index (Phi) is 3.23. The Morgan fingerprint density at radius 1 is 1.33 bits per heavy atom. The molecule has 1 aliphatic rings. The quantitative estimate of drug-likeness (QED) is 0.794. The summed E-state index contributed by atoms with van der Waals surface area (Å²) in [6.45, 7) is 0.352. The standard InChI is InChI=1S/C14H12N2O5/c17-13-7-20-11-3-1-8(5-10(11)16-13)15-6-9-2-4-12(21-9)14(18)19/h1-5,15H,6-7H2,(H,16,17)(H,18,19). The van der Waals surface area contributed by atoms with Crippen molar-refractivity contribution in [2.75, 3.05) is 17.2 Å². The second kappa shape index (κ2) is 5.20. The van der Waals surface area contributed by atoms with E-state index in [2.05, 4.69) is 10.6 Å². The minimum Gasteiger partial charge on any atom is -0.482 e. The van der Waals surface area contributed by atoms with Crippen LogP contribution in [0, 0.1) is 0 Å². The Bertz CT molecular complexity index is 707. The lowest BCUT2D eigenvalue weighted by atomic mass is 10.2. The highest BCUT2D eigenvalue weighted by molar-refractivity contribution is 5.96. The minimum absolute atomic E-state index is 0.0180. The number of nitrogens with one attached hydrogen (secondary N) is 2. The maximum atomic E-state index is 11.3. The summed E-state index contributed by atoms with van der Waals surface area (Å²) in [5.41, 5.74) is 1.36. The van der Waals surface area contributed by atoms with E-state index in [1.54, 1.807) is 24.3 Å². The molecular weight excluding hydrogens is 276 g/mol. The van der Waals surface area contributed by atoms with Gasteiger partial charge in [-0.25, -0.2) is 4.79 Å². The van der Waals surface area contributed by atoms with Crippen LogP contribution in [0.5, 0.6) is 5.75 Å². The van der Waals surface area contributed by atoms with Gasteiger partial charge in [0.1, 0.15) is 11.5 Å². The van der Waals surface area contributed by atoms with E-state index in [0.29, 0.717) is 23.7 Å². The number of carbonyl (C=O) groups is 2. The molecule has 21 heavy (non-hydrogen) atoms. The van der Waals surface area contributed by atoms with E-state index in [4.69, 9.17) is 14.3 Å². The van der Waals surface area contributed by atoms with E-state index in [0.717, 1.165) is 5.69 Å². The van der Waals surface area contributed by atoms with Gasteiger partial charge in [0.25, 0.3) is 5.91 Å². The highest BCUT2D eigenvalue weighted by Crippen LogP contribution is 2.30. The first-order chi connectivity index (χ1) is 10.1. The van der Waals surface area contributed by atoms with Gasteiger partial charge in [-0.3, -0.25) is 4.79 Å². The van der Waals surface area contributed by atoms with Crippen LogP contribution in [0.15, 0.2) is 34.7 Å². The topological polar surface area (TPSA) is 101 Å². The van der Waals surface area contributed by atoms with E-state index >= 15 is 0 Å². The zero-order valence-electron chi connectivity index (χ0n) is 10.9. The van der Waals surface area contributed by atoms with Crippen molar-refractivity contribution in [2.24, 2.45) is 0 Å². The van der Waals surface area contributed by atoms with E-state index in [1.165, 1.54) is 6.07 Å². The molecule has 0 bridgehead atoms. The third-order valence-corrected chi connectivity index (χ3v) is 2.95. The first-order valence-electron chi connectivity index (χ1n) is 6.24. The van der Waals surface area contributed by atoms with E-state index < -0.39 is 5.97 Å². The summed E-state index contributed by atoms with van der Waals surface area (Å²) < 4.78 is 10.4. The number of carboxylic acid groups (broad SMARTS) is 1. The number of hydrogen-bond acceptors (Lipinski definition) is 5. The molecule has 1 aliphatic heterocycles. The highest BCUT2D eigenvalue weighted by Gasteiger charge is 2.16. The number of carbonyl (C=O) groups excluding carboxylic acids is 1. The summed E-state index contributed by atoms with van der Waals surface area (Å²) in [5.74, 6) is -0.277. The first kappa shape index (κ1) is 13.0. The van der Waals surface area contributed by atoms with E-state index in [1.807, 2.05) is 0 Å². The number of ether oxygens (including phenoxy) is 1. The lowest BCUT2D eigenvalue weighted by Crippen LogP contribution is -2.25. The van der Waals surface area contributed by atoms with Crippen LogP contribution in [0.3, 0.4) is 0 Å². The Hall–Kier alpha value is -2.96. The maximum Gasteiger partial charge on any atom is 0.371 e. The molecule has 0 atom stereocenters. The summed E-state index contributed by atoms with van der Waals surface area (Å²) in [7, 11) is 0. The number of aromatic carboxylic acids is 1. The minimum atomic E-state index is -1.10. The average Bonchev–Trinajstić information content (AvgIpc) is 2.93. The molecule has 108 valence electrons. The molecule has 1 aromatic carbocycles. The largest absolute Gasteiger partial charge is 0.482 e. The first-order valence-corrected chi connectivity index (χ1v) is 6.24. The number of hydrogen-bond donors (Lipinski definition) is 3. The number of rotatable bonds is 4. The lowest BCUT2D eigenvalue weighted by molar-refractivity contribution is -0.118. The van der Waals surface area contributed by atoms with Crippen LogP contribution in [0.1, 0.15) is 16.3 Å². The van der Waals surface area contributed by atoms with Crippen molar-refractivity contribution in [3.8, 4) is 5.75 Å². The van der Waals surface area contributed by atoms with Crippen molar-refractivity contribution < 1.29 is 23.8 Å². The highest BCUT2D eigenvalue weighted by atomic mass is 16.5. The molecule has 2 heterocycles. The van der Waals surface area contributed by atoms with Gasteiger partial charge in [0.05, 0.1) is 12.2 Å². The summed E-state index contributed by atoms with van der Waals surface area (Å²) in [5, 5.41) is 14.6. The molecule has 1 aromatic heterocycles. The van der Waals surface area contributed by atoms with Crippen molar-refractivity contribution in [1.29, 1.82) is 0 Å². The predicted molar refractivity (Wildman–Crippen MR) is 73.6 cm³/mol. The second-order valence-electron chi connectivity index (χ2n) is 4.47. The third kappa shape index (κ3) is 2.81. The number of anilines is 2. The smallest absolute Gasteiger partial charge is 0.371 e. The molecular formula is C14H12N2O5. The maximum absolute atomic E-state index is 11.3. The van der Waals surface area contributed by atoms with E-state index in [9.17, 15) is 9.59 Å². The molecule has 7 nitrogen and oxygen atoms in total. The number of amides is 1. The molecule has 7 heteroatoms. The van der Waals surface area contributed by atoms with Crippen LogP contribution >= 0.6 is 0 Å². The average molecular weight is 288 g/mol. The number of furan rings is 1. The lowest BCUT2D eigenvalue weighted by Gasteiger charge is -2.18. The Morgan fingerprint density at radius 2 is 2.19 bits per heavy atom. The van der Waals surface area contributed by atoms with Gasteiger partial charge in [0.2, 0.25) is 5.76 Å². The zero-order valence-corrected chi connectivity index (χ0v) is 10.9. The van der Waals surface area contributed by atoms with Gasteiger partial charge in [-0.2, -0.15) is 0 Å². The fraction of sp³-hybridized carbons (Fsp3) is 0.143. The van der Waals surface area contributed by atoms with Crippen molar-refractivity contribution >= 4 is 23.3 Å². The molecule has 0 unspecified atom stereocenters. The molecule has 0 aliphatic carbocycles. The molecule has 1 amide bonds.